The molecule has 35 heavy (non-hydrogen) atoms. The van der Waals surface area contributed by atoms with E-state index in [1.807, 2.05) is 116 Å². The van der Waals surface area contributed by atoms with E-state index in [-0.39, 0.29) is 11.2 Å². The molecule has 4 aromatic rings. The lowest BCUT2D eigenvalue weighted by Crippen LogP contribution is -2.22. The third-order valence-electron chi connectivity index (χ3n) is 4.93. The van der Waals surface area contributed by atoms with Crippen LogP contribution < -0.4 is 20.7 Å². The average molecular weight is 500 g/mol. The molecule has 7 heteroatoms. The van der Waals surface area contributed by atoms with Gasteiger partial charge in [-0.3, -0.25) is 4.79 Å². The molecule has 0 aliphatic rings. The summed E-state index contributed by atoms with van der Waals surface area (Å²) in [7, 11) is 0. The molecule has 4 aromatic carbocycles. The summed E-state index contributed by atoms with van der Waals surface area (Å²) in [5.41, 5.74) is 2.52. The highest BCUT2D eigenvalue weighted by Crippen LogP contribution is 2.27. The summed E-state index contributed by atoms with van der Waals surface area (Å²) < 4.78 is 5.79. The number of hydrogen-bond donors (Lipinski definition) is 3. The molecule has 0 fully saturated rings. The van der Waals surface area contributed by atoms with Gasteiger partial charge in [-0.25, -0.2) is 0 Å². The van der Waals surface area contributed by atoms with Crippen LogP contribution in [0, 0.1) is 0 Å². The molecule has 0 spiro atoms. The zero-order valence-corrected chi connectivity index (χ0v) is 20.7. The molecule has 3 N–H and O–H groups in total. The van der Waals surface area contributed by atoms with E-state index in [2.05, 4.69) is 16.0 Å². The Hall–Kier alpha value is -3.81. The number of amides is 1. The van der Waals surface area contributed by atoms with Crippen LogP contribution in [0.25, 0.3) is 0 Å². The van der Waals surface area contributed by atoms with E-state index in [4.69, 9.17) is 17.0 Å². The first-order chi connectivity index (χ1) is 17.0. The number of ether oxygens (including phenoxy) is 1. The second-order valence-electron chi connectivity index (χ2n) is 7.66. The Kier molecular flexibility index (Phi) is 8.38. The summed E-state index contributed by atoms with van der Waals surface area (Å²) in [5.74, 6) is 1.41. The maximum absolute atomic E-state index is 12.7. The van der Waals surface area contributed by atoms with Crippen molar-refractivity contribution in [3.63, 3.8) is 0 Å². The number of benzene rings is 4. The highest BCUT2D eigenvalue weighted by Gasteiger charge is 2.15. The minimum atomic E-state index is -0.269. The molecule has 0 bridgehead atoms. The van der Waals surface area contributed by atoms with E-state index >= 15 is 0 Å². The monoisotopic (exact) mass is 499 g/mol. The van der Waals surface area contributed by atoms with Crippen molar-refractivity contribution in [3.8, 4) is 11.5 Å². The minimum absolute atomic E-state index is 0.0674. The fourth-order valence-corrected chi connectivity index (χ4v) is 4.27. The Labute approximate surface area is 214 Å². The second kappa shape index (κ2) is 12.1. The van der Waals surface area contributed by atoms with Gasteiger partial charge in [0.05, 0.1) is 5.25 Å². The van der Waals surface area contributed by atoms with Crippen LogP contribution in [0.4, 0.5) is 17.1 Å². The number of para-hydroxylation sites is 2. The van der Waals surface area contributed by atoms with Gasteiger partial charge >= 0.3 is 0 Å². The third kappa shape index (κ3) is 7.60. The van der Waals surface area contributed by atoms with E-state index in [9.17, 15) is 4.79 Å². The van der Waals surface area contributed by atoms with Crippen molar-refractivity contribution in [3.05, 3.63) is 109 Å². The smallest absolute Gasteiger partial charge is 0.237 e. The molecule has 0 aliphatic carbocycles. The first-order valence-corrected chi connectivity index (χ1v) is 12.4. The van der Waals surface area contributed by atoms with Gasteiger partial charge in [-0.05, 0) is 91.9 Å². The topological polar surface area (TPSA) is 62.4 Å². The number of thioether (sulfide) groups is 1. The van der Waals surface area contributed by atoms with Gasteiger partial charge in [-0.2, -0.15) is 0 Å². The summed E-state index contributed by atoms with van der Waals surface area (Å²) in [4.78, 5) is 13.7. The number of carbonyl (C=O) groups is 1. The summed E-state index contributed by atoms with van der Waals surface area (Å²) in [5, 5.41) is 9.52. The van der Waals surface area contributed by atoms with Crippen LogP contribution in [0.15, 0.2) is 114 Å². The Bertz CT molecular complexity index is 1250. The van der Waals surface area contributed by atoms with Gasteiger partial charge in [0, 0.05) is 22.0 Å². The number of hydrogen-bond acceptors (Lipinski definition) is 4. The van der Waals surface area contributed by atoms with E-state index in [0.717, 1.165) is 27.7 Å². The van der Waals surface area contributed by atoms with Crippen molar-refractivity contribution in [2.24, 2.45) is 0 Å². The van der Waals surface area contributed by atoms with Crippen LogP contribution in [-0.4, -0.2) is 16.3 Å². The van der Waals surface area contributed by atoms with Gasteiger partial charge in [-0.1, -0.05) is 36.4 Å². The summed E-state index contributed by atoms with van der Waals surface area (Å²) in [6.07, 6.45) is 0. The van der Waals surface area contributed by atoms with Crippen LogP contribution in [0.1, 0.15) is 6.92 Å². The molecule has 1 atom stereocenters. The lowest BCUT2D eigenvalue weighted by molar-refractivity contribution is -0.115. The maximum atomic E-state index is 12.7. The van der Waals surface area contributed by atoms with Gasteiger partial charge in [0.15, 0.2) is 5.11 Å². The van der Waals surface area contributed by atoms with Crippen molar-refractivity contribution in [1.29, 1.82) is 0 Å². The molecule has 0 aliphatic heterocycles. The third-order valence-corrected chi connectivity index (χ3v) is 6.24. The van der Waals surface area contributed by atoms with E-state index < -0.39 is 0 Å². The molecule has 0 heterocycles. The molecule has 0 aromatic heterocycles. The fourth-order valence-electron chi connectivity index (χ4n) is 3.16. The molecule has 0 saturated carbocycles. The normalized spacial score (nSPS) is 11.2. The number of rotatable bonds is 8. The standard InChI is InChI=1S/C28H25N3O2S2/c1-20(27(32)29-22-12-16-25(17-13-22)33-24-10-6-3-7-11-24)35-26-18-14-23(15-19-26)31-28(34)30-21-8-4-2-5-9-21/h2-20H,1H3,(H,29,32)(H2,30,31,34). The van der Waals surface area contributed by atoms with Crippen molar-refractivity contribution >= 4 is 52.1 Å². The number of carbonyl (C=O) groups excluding carboxylic acids is 1. The minimum Gasteiger partial charge on any atom is -0.457 e. The van der Waals surface area contributed by atoms with Crippen molar-refractivity contribution in [1.82, 2.24) is 0 Å². The van der Waals surface area contributed by atoms with E-state index in [1.54, 1.807) is 0 Å². The first kappa shape index (κ1) is 24.3. The molecule has 1 amide bonds. The van der Waals surface area contributed by atoms with Crippen molar-refractivity contribution in [2.75, 3.05) is 16.0 Å². The van der Waals surface area contributed by atoms with Gasteiger partial charge in [0.2, 0.25) is 5.91 Å². The molecule has 1 unspecified atom stereocenters. The molecular weight excluding hydrogens is 474 g/mol. The maximum Gasteiger partial charge on any atom is 0.237 e. The predicted molar refractivity (Wildman–Crippen MR) is 150 cm³/mol. The van der Waals surface area contributed by atoms with Crippen LogP contribution in [0.2, 0.25) is 0 Å². The predicted octanol–water partition coefficient (Wildman–Crippen LogP) is 7.41. The number of anilines is 3. The molecular formula is C28H25N3O2S2. The highest BCUT2D eigenvalue weighted by molar-refractivity contribution is 8.00. The average Bonchev–Trinajstić information content (AvgIpc) is 2.87. The van der Waals surface area contributed by atoms with Crippen LogP contribution >= 0.6 is 24.0 Å². The molecule has 5 nitrogen and oxygen atoms in total. The zero-order chi connectivity index (χ0) is 24.5. The Morgan fingerprint density at radius 2 is 1.17 bits per heavy atom. The fraction of sp³-hybridized carbons (Fsp3) is 0.0714. The Morgan fingerprint density at radius 3 is 1.80 bits per heavy atom. The summed E-state index contributed by atoms with van der Waals surface area (Å²) >= 11 is 6.86. The van der Waals surface area contributed by atoms with Gasteiger partial charge in [0.25, 0.3) is 0 Å². The largest absolute Gasteiger partial charge is 0.457 e. The Balaban J connectivity index is 1.25. The summed E-state index contributed by atoms with van der Waals surface area (Å²) in [6, 6.07) is 34.5. The van der Waals surface area contributed by atoms with E-state index in [0.29, 0.717) is 10.9 Å². The lowest BCUT2D eigenvalue weighted by atomic mass is 10.3. The van der Waals surface area contributed by atoms with Crippen LogP contribution in [0.5, 0.6) is 11.5 Å². The molecule has 4 rings (SSSR count). The first-order valence-electron chi connectivity index (χ1n) is 11.1. The van der Waals surface area contributed by atoms with Gasteiger partial charge in [-0.15, -0.1) is 11.8 Å². The Morgan fingerprint density at radius 1 is 0.686 bits per heavy atom. The molecule has 0 radical (unpaired) electrons. The zero-order valence-electron chi connectivity index (χ0n) is 19.1. The molecule has 176 valence electrons. The highest BCUT2D eigenvalue weighted by atomic mass is 32.2. The quantitative estimate of drug-likeness (QED) is 0.173. The molecule has 0 saturated heterocycles. The number of nitrogens with one attached hydrogen (secondary N) is 3. The van der Waals surface area contributed by atoms with Crippen molar-refractivity contribution < 1.29 is 9.53 Å². The van der Waals surface area contributed by atoms with Crippen molar-refractivity contribution in [2.45, 2.75) is 17.1 Å². The van der Waals surface area contributed by atoms with Crippen LogP contribution in [0.3, 0.4) is 0 Å². The van der Waals surface area contributed by atoms with Crippen LogP contribution in [-0.2, 0) is 4.79 Å². The number of thiocarbonyl (C=S) groups is 1. The van der Waals surface area contributed by atoms with Gasteiger partial charge in [0.1, 0.15) is 11.5 Å². The van der Waals surface area contributed by atoms with E-state index in [1.165, 1.54) is 11.8 Å². The SMILES string of the molecule is CC(Sc1ccc(NC(=S)Nc2ccccc2)cc1)C(=O)Nc1ccc(Oc2ccccc2)cc1. The second-order valence-corrected chi connectivity index (χ2v) is 9.48. The summed E-state index contributed by atoms with van der Waals surface area (Å²) in [6.45, 7) is 1.89. The van der Waals surface area contributed by atoms with Gasteiger partial charge < -0.3 is 20.7 Å². The lowest BCUT2D eigenvalue weighted by Gasteiger charge is -2.14.